The van der Waals surface area contributed by atoms with Crippen LogP contribution in [-0.2, 0) is 15.0 Å². The Bertz CT molecular complexity index is 608. The second kappa shape index (κ2) is 2.88. The third kappa shape index (κ3) is 0.989. The number of anilines is 2. The van der Waals surface area contributed by atoms with Gasteiger partial charge in [0.1, 0.15) is 17.5 Å². The summed E-state index contributed by atoms with van der Waals surface area (Å²) in [5, 5.41) is 5.52. The molecular weight excluding hydrogens is 232 g/mol. The number of hydrogen-bond acceptors (Lipinski definition) is 4. The van der Waals surface area contributed by atoms with E-state index < -0.39 is 10.8 Å². The van der Waals surface area contributed by atoms with Crippen molar-refractivity contribution in [1.29, 1.82) is 0 Å². The summed E-state index contributed by atoms with van der Waals surface area (Å²) in [6, 6.07) is 0. The van der Waals surface area contributed by atoms with Crippen LogP contribution in [0.4, 0.5) is 11.6 Å². The second-order valence-electron chi connectivity index (χ2n) is 5.50. The van der Waals surface area contributed by atoms with Crippen molar-refractivity contribution in [3.8, 4) is 0 Å². The SMILES string of the molecule is Cc1nc2c3c(n1)NC(=O)C3(C)C(C)(C)C(=O)N2. The van der Waals surface area contributed by atoms with E-state index in [2.05, 4.69) is 20.6 Å². The average Bonchev–Trinajstić information content (AvgIpc) is 2.50. The highest BCUT2D eigenvalue weighted by Gasteiger charge is 2.61. The Morgan fingerprint density at radius 3 is 2.00 bits per heavy atom. The van der Waals surface area contributed by atoms with Crippen molar-refractivity contribution in [3.05, 3.63) is 11.4 Å². The molecule has 0 fully saturated rings. The van der Waals surface area contributed by atoms with Crippen LogP contribution in [0.15, 0.2) is 0 Å². The lowest BCUT2D eigenvalue weighted by molar-refractivity contribution is -0.136. The van der Waals surface area contributed by atoms with Crippen LogP contribution in [0, 0.1) is 12.3 Å². The van der Waals surface area contributed by atoms with Crippen LogP contribution in [0.25, 0.3) is 0 Å². The first kappa shape index (κ1) is 11.1. The van der Waals surface area contributed by atoms with E-state index >= 15 is 0 Å². The molecule has 0 radical (unpaired) electrons. The molecule has 0 saturated heterocycles. The molecular formula is C12H14N4O2. The van der Waals surface area contributed by atoms with Crippen LogP contribution in [0.3, 0.4) is 0 Å². The maximum atomic E-state index is 12.3. The summed E-state index contributed by atoms with van der Waals surface area (Å²) in [6.07, 6.45) is 0. The van der Waals surface area contributed by atoms with Crippen molar-refractivity contribution in [2.75, 3.05) is 10.6 Å². The number of nitrogens with one attached hydrogen (secondary N) is 2. The topological polar surface area (TPSA) is 84.0 Å². The molecule has 3 rings (SSSR count). The van der Waals surface area contributed by atoms with Crippen LogP contribution in [-0.4, -0.2) is 21.8 Å². The van der Waals surface area contributed by atoms with Gasteiger partial charge in [-0.15, -0.1) is 0 Å². The molecule has 2 N–H and O–H groups in total. The Labute approximate surface area is 104 Å². The zero-order valence-corrected chi connectivity index (χ0v) is 10.7. The minimum absolute atomic E-state index is 0.196. The summed E-state index contributed by atoms with van der Waals surface area (Å²) in [6.45, 7) is 7.03. The van der Waals surface area contributed by atoms with E-state index in [1.54, 1.807) is 27.7 Å². The van der Waals surface area contributed by atoms with Crippen molar-refractivity contribution >= 4 is 23.5 Å². The summed E-state index contributed by atoms with van der Waals surface area (Å²) in [5.74, 6) is 1.09. The fourth-order valence-electron chi connectivity index (χ4n) is 2.66. The van der Waals surface area contributed by atoms with Gasteiger partial charge < -0.3 is 10.6 Å². The summed E-state index contributed by atoms with van der Waals surface area (Å²) in [5.41, 5.74) is -1.07. The molecule has 18 heavy (non-hydrogen) atoms. The van der Waals surface area contributed by atoms with Crippen LogP contribution >= 0.6 is 0 Å². The van der Waals surface area contributed by atoms with Gasteiger partial charge in [-0.05, 0) is 27.7 Å². The van der Waals surface area contributed by atoms with Gasteiger partial charge in [-0.25, -0.2) is 9.97 Å². The number of nitrogens with zero attached hydrogens (tertiary/aromatic N) is 2. The molecule has 94 valence electrons. The van der Waals surface area contributed by atoms with Crippen molar-refractivity contribution in [3.63, 3.8) is 0 Å². The number of aromatic nitrogens is 2. The first-order valence-corrected chi connectivity index (χ1v) is 5.80. The Hall–Kier alpha value is -1.98. The molecule has 1 unspecified atom stereocenters. The molecule has 0 aromatic carbocycles. The molecule has 0 aliphatic carbocycles. The van der Waals surface area contributed by atoms with E-state index in [-0.39, 0.29) is 11.8 Å². The molecule has 1 aromatic heterocycles. The average molecular weight is 246 g/mol. The largest absolute Gasteiger partial charge is 0.310 e. The van der Waals surface area contributed by atoms with Gasteiger partial charge in [0.2, 0.25) is 11.8 Å². The smallest absolute Gasteiger partial charge is 0.237 e. The molecule has 6 nitrogen and oxygen atoms in total. The quantitative estimate of drug-likeness (QED) is 0.714. The maximum absolute atomic E-state index is 12.3. The Balaban J connectivity index is 2.40. The Kier molecular flexibility index (Phi) is 1.78. The van der Waals surface area contributed by atoms with Crippen LogP contribution in [0.5, 0.6) is 0 Å². The highest BCUT2D eigenvalue weighted by atomic mass is 16.2. The van der Waals surface area contributed by atoms with Gasteiger partial charge in [0.15, 0.2) is 0 Å². The molecule has 3 heterocycles. The van der Waals surface area contributed by atoms with Gasteiger partial charge in [-0.3, -0.25) is 9.59 Å². The molecule has 0 spiro atoms. The fourth-order valence-corrected chi connectivity index (χ4v) is 2.66. The van der Waals surface area contributed by atoms with Gasteiger partial charge >= 0.3 is 0 Å². The lowest BCUT2D eigenvalue weighted by Crippen LogP contribution is -2.54. The first-order chi connectivity index (χ1) is 8.28. The number of aryl methyl sites for hydroxylation is 1. The molecule has 2 aliphatic rings. The summed E-state index contributed by atoms with van der Waals surface area (Å²) in [7, 11) is 0. The van der Waals surface area contributed by atoms with E-state index in [1.807, 2.05) is 0 Å². The van der Waals surface area contributed by atoms with E-state index in [9.17, 15) is 9.59 Å². The number of carbonyl (C=O) groups excluding carboxylic acids is 2. The third-order valence-corrected chi connectivity index (χ3v) is 4.26. The molecule has 2 amide bonds. The van der Waals surface area contributed by atoms with Gasteiger partial charge in [-0.1, -0.05) is 0 Å². The minimum atomic E-state index is -0.923. The lowest BCUT2D eigenvalue weighted by Gasteiger charge is -2.42. The summed E-state index contributed by atoms with van der Waals surface area (Å²) in [4.78, 5) is 32.9. The van der Waals surface area contributed by atoms with Crippen LogP contribution in [0.1, 0.15) is 32.2 Å². The third-order valence-electron chi connectivity index (χ3n) is 4.26. The van der Waals surface area contributed by atoms with Crippen molar-refractivity contribution < 1.29 is 9.59 Å². The van der Waals surface area contributed by atoms with Gasteiger partial charge in [0.25, 0.3) is 0 Å². The monoisotopic (exact) mass is 246 g/mol. The van der Waals surface area contributed by atoms with E-state index in [0.29, 0.717) is 23.0 Å². The number of amides is 2. The van der Waals surface area contributed by atoms with Crippen molar-refractivity contribution in [1.82, 2.24) is 9.97 Å². The maximum Gasteiger partial charge on any atom is 0.237 e. The van der Waals surface area contributed by atoms with Gasteiger partial charge in [-0.2, -0.15) is 0 Å². The minimum Gasteiger partial charge on any atom is -0.310 e. The van der Waals surface area contributed by atoms with Crippen LogP contribution in [0.2, 0.25) is 0 Å². The summed E-state index contributed by atoms with van der Waals surface area (Å²) < 4.78 is 0. The number of carbonyl (C=O) groups is 2. The van der Waals surface area contributed by atoms with Gasteiger partial charge in [0.05, 0.1) is 16.4 Å². The predicted octanol–water partition coefficient (Wildman–Crippen LogP) is 0.973. The van der Waals surface area contributed by atoms with E-state index in [0.717, 1.165) is 0 Å². The molecule has 6 heteroatoms. The number of rotatable bonds is 0. The Morgan fingerprint density at radius 1 is 0.944 bits per heavy atom. The first-order valence-electron chi connectivity index (χ1n) is 5.80. The van der Waals surface area contributed by atoms with Gasteiger partial charge in [0, 0.05) is 0 Å². The lowest BCUT2D eigenvalue weighted by atomic mass is 9.61. The standard InChI is InChI=1S/C12H14N4O2/c1-5-13-7-6-8(14-5)16-10(18)12(6,4)11(2,3)9(17)15-7/h1-4H3,(H2,13,14,15,16,17,18). The fraction of sp³-hybridized carbons (Fsp3) is 0.500. The molecule has 0 bridgehead atoms. The second-order valence-corrected chi connectivity index (χ2v) is 5.50. The molecule has 1 atom stereocenters. The van der Waals surface area contributed by atoms with Crippen LogP contribution < -0.4 is 10.6 Å². The molecule has 0 saturated carbocycles. The van der Waals surface area contributed by atoms with Crippen molar-refractivity contribution in [2.45, 2.75) is 33.1 Å². The zero-order valence-electron chi connectivity index (χ0n) is 10.7. The highest BCUT2D eigenvalue weighted by Crippen LogP contribution is 2.53. The van der Waals surface area contributed by atoms with E-state index in [4.69, 9.17) is 0 Å². The van der Waals surface area contributed by atoms with E-state index in [1.165, 1.54) is 0 Å². The predicted molar refractivity (Wildman–Crippen MR) is 65.2 cm³/mol. The normalized spacial score (nSPS) is 27.6. The summed E-state index contributed by atoms with van der Waals surface area (Å²) >= 11 is 0. The molecule has 2 aliphatic heterocycles. The molecule has 1 aromatic rings. The number of hydrogen-bond donors (Lipinski definition) is 2. The zero-order chi connectivity index (χ0) is 13.3. The highest BCUT2D eigenvalue weighted by molar-refractivity contribution is 6.15. The Morgan fingerprint density at radius 2 is 1.44 bits per heavy atom. The van der Waals surface area contributed by atoms with Crippen molar-refractivity contribution in [2.24, 2.45) is 5.41 Å².